The van der Waals surface area contributed by atoms with Crippen LogP contribution >= 0.6 is 0 Å². The molecule has 8 nitrogen and oxygen atoms in total. The maximum absolute atomic E-state index is 6.06. The van der Waals surface area contributed by atoms with Gasteiger partial charge in [-0.1, -0.05) is 0 Å². The maximum Gasteiger partial charge on any atom is 0.229 e. The summed E-state index contributed by atoms with van der Waals surface area (Å²) in [5.41, 5.74) is 8.19. The number of hydrogen-bond donors (Lipinski definition) is 1. The predicted molar refractivity (Wildman–Crippen MR) is 99.6 cm³/mol. The van der Waals surface area contributed by atoms with Gasteiger partial charge in [-0.15, -0.1) is 0 Å². The van der Waals surface area contributed by atoms with Gasteiger partial charge in [-0.2, -0.15) is 4.98 Å². The van der Waals surface area contributed by atoms with Crippen LogP contribution in [0.3, 0.4) is 0 Å². The number of aromatic nitrogens is 3. The molecule has 3 aromatic rings. The Kier molecular flexibility index (Phi) is 3.86. The number of fused-ring (bicyclic) bond motifs is 3. The fraction of sp³-hybridized carbons (Fsp3) is 0.500. The van der Waals surface area contributed by atoms with E-state index < -0.39 is 0 Å². The molecule has 0 bridgehead atoms. The first kappa shape index (κ1) is 15.8. The van der Waals surface area contributed by atoms with E-state index in [1.807, 2.05) is 12.1 Å². The van der Waals surface area contributed by atoms with E-state index in [1.165, 1.54) is 0 Å². The lowest BCUT2D eigenvalue weighted by molar-refractivity contribution is 0.122. The molecule has 0 aliphatic carbocycles. The summed E-state index contributed by atoms with van der Waals surface area (Å²) in [6, 6.07) is 4.18. The minimum atomic E-state index is 0.271. The van der Waals surface area contributed by atoms with E-state index >= 15 is 0 Å². The second-order valence-corrected chi connectivity index (χ2v) is 6.91. The van der Waals surface area contributed by atoms with Crippen LogP contribution in [0, 0.1) is 0 Å². The van der Waals surface area contributed by atoms with Crippen molar-refractivity contribution in [1.82, 2.24) is 15.0 Å². The number of anilines is 2. The Morgan fingerprint density at radius 2 is 1.85 bits per heavy atom. The molecule has 2 N–H and O–H groups in total. The molecule has 0 saturated carbocycles. The predicted octanol–water partition coefficient (Wildman–Crippen LogP) is 1.54. The normalized spacial score (nSPS) is 19.6. The third kappa shape index (κ3) is 2.65. The molecule has 0 spiro atoms. The summed E-state index contributed by atoms with van der Waals surface area (Å²) < 4.78 is 11.5. The van der Waals surface area contributed by atoms with Crippen LogP contribution < -0.4 is 15.5 Å². The highest BCUT2D eigenvalue weighted by molar-refractivity contribution is 6.05. The summed E-state index contributed by atoms with van der Waals surface area (Å²) in [6.07, 6.45) is 3.66. The molecule has 0 amide bonds. The molecule has 0 atom stereocenters. The summed E-state index contributed by atoms with van der Waals surface area (Å²) in [4.78, 5) is 18.5. The number of ether oxygens (including phenoxy) is 1. The molecule has 5 heterocycles. The summed E-state index contributed by atoms with van der Waals surface area (Å²) in [5, 5.41) is 0.925. The first-order valence-electron chi connectivity index (χ1n) is 9.18. The number of nitrogens with zero attached hydrogens (tertiary/aromatic N) is 5. The van der Waals surface area contributed by atoms with Crippen LogP contribution in [0.4, 0.5) is 11.8 Å². The van der Waals surface area contributed by atoms with Gasteiger partial charge in [0.25, 0.3) is 0 Å². The van der Waals surface area contributed by atoms with Crippen molar-refractivity contribution < 1.29 is 9.15 Å². The number of hydrogen-bond acceptors (Lipinski definition) is 8. The third-order valence-electron chi connectivity index (χ3n) is 5.19. The van der Waals surface area contributed by atoms with Crippen molar-refractivity contribution in [3.05, 3.63) is 18.3 Å². The molecule has 2 fully saturated rings. The highest BCUT2D eigenvalue weighted by atomic mass is 16.5. The summed E-state index contributed by atoms with van der Waals surface area (Å²) in [7, 11) is 0. The smallest absolute Gasteiger partial charge is 0.229 e. The van der Waals surface area contributed by atoms with Gasteiger partial charge in [-0.05, 0) is 25.0 Å². The lowest BCUT2D eigenvalue weighted by Crippen LogP contribution is -2.41. The van der Waals surface area contributed by atoms with Gasteiger partial charge in [-0.25, -0.2) is 9.97 Å². The van der Waals surface area contributed by atoms with Gasteiger partial charge in [0.1, 0.15) is 5.52 Å². The lowest BCUT2D eigenvalue weighted by atomic mass is 10.1. The molecular formula is C18H22N6O2. The topological polar surface area (TPSA) is 93.5 Å². The molecule has 2 saturated heterocycles. The SMILES string of the molecule is NC1CCN(c2nc(N3CCOCC3)c3oc4ncccc4c3n2)CC1. The lowest BCUT2D eigenvalue weighted by Gasteiger charge is -2.32. The van der Waals surface area contributed by atoms with Gasteiger partial charge in [0.15, 0.2) is 11.4 Å². The largest absolute Gasteiger partial charge is 0.432 e. The monoisotopic (exact) mass is 354 g/mol. The molecular weight excluding hydrogens is 332 g/mol. The number of furan rings is 1. The van der Waals surface area contributed by atoms with Crippen LogP contribution in [0.25, 0.3) is 22.2 Å². The maximum atomic E-state index is 6.06. The van der Waals surface area contributed by atoms with E-state index in [0.29, 0.717) is 24.5 Å². The molecule has 0 unspecified atom stereocenters. The van der Waals surface area contributed by atoms with E-state index in [-0.39, 0.29) is 6.04 Å². The highest BCUT2D eigenvalue weighted by Gasteiger charge is 2.25. The minimum absolute atomic E-state index is 0.271. The molecule has 8 heteroatoms. The molecule has 3 aromatic heterocycles. The quantitative estimate of drug-likeness (QED) is 0.741. The van der Waals surface area contributed by atoms with Gasteiger partial charge in [0.2, 0.25) is 11.7 Å². The van der Waals surface area contributed by atoms with E-state index in [2.05, 4.69) is 14.8 Å². The average molecular weight is 354 g/mol. The fourth-order valence-electron chi connectivity index (χ4n) is 3.68. The van der Waals surface area contributed by atoms with E-state index in [0.717, 1.165) is 61.7 Å². The van der Waals surface area contributed by atoms with Crippen molar-refractivity contribution >= 4 is 34.0 Å². The van der Waals surface area contributed by atoms with Crippen LogP contribution in [-0.4, -0.2) is 60.4 Å². The first-order valence-corrected chi connectivity index (χ1v) is 9.18. The van der Waals surface area contributed by atoms with Crippen LogP contribution in [0.1, 0.15) is 12.8 Å². The van der Waals surface area contributed by atoms with Crippen LogP contribution in [-0.2, 0) is 4.74 Å². The number of morpholine rings is 1. The van der Waals surface area contributed by atoms with Crippen molar-refractivity contribution in [2.45, 2.75) is 18.9 Å². The van der Waals surface area contributed by atoms with Crippen molar-refractivity contribution in [2.24, 2.45) is 5.73 Å². The Balaban J connectivity index is 1.66. The fourth-order valence-corrected chi connectivity index (χ4v) is 3.68. The first-order chi connectivity index (χ1) is 12.8. The standard InChI is InChI=1S/C18H22N6O2/c19-12-3-6-24(7-4-12)18-21-14-13-2-1-5-20-17(13)26-15(14)16(22-18)23-8-10-25-11-9-23/h1-2,5,12H,3-4,6-11,19H2. The second-order valence-electron chi connectivity index (χ2n) is 6.91. The molecule has 136 valence electrons. The highest BCUT2D eigenvalue weighted by Crippen LogP contribution is 2.34. The van der Waals surface area contributed by atoms with Crippen molar-refractivity contribution in [3.63, 3.8) is 0 Å². The summed E-state index contributed by atoms with van der Waals surface area (Å²) in [6.45, 7) is 4.73. The van der Waals surface area contributed by atoms with Crippen molar-refractivity contribution in [3.8, 4) is 0 Å². The van der Waals surface area contributed by atoms with Crippen molar-refractivity contribution in [1.29, 1.82) is 0 Å². The number of piperidine rings is 1. The number of rotatable bonds is 2. The van der Waals surface area contributed by atoms with Gasteiger partial charge in [0, 0.05) is 38.4 Å². The van der Waals surface area contributed by atoms with E-state index in [9.17, 15) is 0 Å². The Morgan fingerprint density at radius 3 is 2.65 bits per heavy atom. The zero-order chi connectivity index (χ0) is 17.5. The second kappa shape index (κ2) is 6.37. The number of nitrogens with two attached hydrogens (primary N) is 1. The van der Waals surface area contributed by atoms with Gasteiger partial charge >= 0.3 is 0 Å². The Morgan fingerprint density at radius 1 is 1.04 bits per heavy atom. The van der Waals surface area contributed by atoms with Gasteiger partial charge in [-0.3, -0.25) is 0 Å². The summed E-state index contributed by atoms with van der Waals surface area (Å²) in [5.74, 6) is 1.58. The average Bonchev–Trinajstić information content (AvgIpc) is 3.07. The van der Waals surface area contributed by atoms with Crippen LogP contribution in [0.15, 0.2) is 22.7 Å². The van der Waals surface area contributed by atoms with Gasteiger partial charge < -0.3 is 24.7 Å². The molecule has 2 aliphatic heterocycles. The molecule has 2 aliphatic rings. The summed E-state index contributed by atoms with van der Waals surface area (Å²) >= 11 is 0. The molecule has 5 rings (SSSR count). The van der Waals surface area contributed by atoms with Crippen molar-refractivity contribution in [2.75, 3.05) is 49.2 Å². The van der Waals surface area contributed by atoms with E-state index in [1.54, 1.807) is 6.20 Å². The van der Waals surface area contributed by atoms with Crippen LogP contribution in [0.5, 0.6) is 0 Å². The number of pyridine rings is 1. The zero-order valence-corrected chi connectivity index (χ0v) is 14.6. The zero-order valence-electron chi connectivity index (χ0n) is 14.6. The van der Waals surface area contributed by atoms with E-state index in [4.69, 9.17) is 24.9 Å². The molecule has 26 heavy (non-hydrogen) atoms. The molecule has 0 aromatic carbocycles. The molecule has 0 radical (unpaired) electrons. The third-order valence-corrected chi connectivity index (χ3v) is 5.19. The Hall–Kier alpha value is -2.45. The van der Waals surface area contributed by atoms with Gasteiger partial charge in [0.05, 0.1) is 18.6 Å². The Bertz CT molecular complexity index is 928. The Labute approximate surface area is 150 Å². The van der Waals surface area contributed by atoms with Crippen LogP contribution in [0.2, 0.25) is 0 Å². The minimum Gasteiger partial charge on any atom is -0.432 e.